The van der Waals surface area contributed by atoms with Crippen LogP contribution in [0.1, 0.15) is 17.0 Å². The molecule has 2 aromatic carbocycles. The van der Waals surface area contributed by atoms with Gasteiger partial charge in [-0.15, -0.1) is 6.58 Å². The maximum absolute atomic E-state index is 10.5. The summed E-state index contributed by atoms with van der Waals surface area (Å²) in [5, 5.41) is 20.0. The van der Waals surface area contributed by atoms with Crippen LogP contribution in [0.4, 0.5) is 0 Å². The van der Waals surface area contributed by atoms with Crippen LogP contribution in [0.3, 0.4) is 0 Å². The van der Waals surface area contributed by atoms with Crippen molar-refractivity contribution in [1.82, 2.24) is 9.55 Å². The monoisotopic (exact) mass is 352 g/mol. The van der Waals surface area contributed by atoms with Crippen molar-refractivity contribution < 1.29 is 14.9 Å². The van der Waals surface area contributed by atoms with Crippen LogP contribution in [0.25, 0.3) is 11.0 Å². The number of aliphatic hydroxyl groups excluding tert-OH is 2. The molecule has 0 unspecified atom stereocenters. The summed E-state index contributed by atoms with van der Waals surface area (Å²) in [7, 11) is 0. The molecule has 3 aromatic rings. The summed E-state index contributed by atoms with van der Waals surface area (Å²) >= 11 is 0. The van der Waals surface area contributed by atoms with E-state index in [0.29, 0.717) is 18.8 Å². The Morgan fingerprint density at radius 3 is 2.85 bits per heavy atom. The van der Waals surface area contributed by atoms with E-state index in [-0.39, 0.29) is 13.2 Å². The largest absolute Gasteiger partial charge is 0.491 e. The Morgan fingerprint density at radius 1 is 1.27 bits per heavy atom. The molecule has 3 rings (SSSR count). The van der Waals surface area contributed by atoms with Gasteiger partial charge in [0.15, 0.2) is 0 Å². The minimum absolute atomic E-state index is 0.157. The second-order valence-corrected chi connectivity index (χ2v) is 6.35. The second-order valence-electron chi connectivity index (χ2n) is 6.35. The van der Waals surface area contributed by atoms with Gasteiger partial charge < -0.3 is 19.5 Å². The fourth-order valence-corrected chi connectivity index (χ4v) is 3.06. The molecule has 1 heterocycles. The van der Waals surface area contributed by atoms with Gasteiger partial charge in [0.25, 0.3) is 0 Å². The van der Waals surface area contributed by atoms with E-state index in [1.807, 2.05) is 54.0 Å². The first kappa shape index (κ1) is 18.2. The van der Waals surface area contributed by atoms with Crippen LogP contribution in [-0.2, 0) is 19.6 Å². The van der Waals surface area contributed by atoms with Crippen molar-refractivity contribution in [1.29, 1.82) is 0 Å². The first-order valence-electron chi connectivity index (χ1n) is 8.68. The van der Waals surface area contributed by atoms with Crippen LogP contribution in [0.15, 0.2) is 55.1 Å². The van der Waals surface area contributed by atoms with Crippen LogP contribution in [-0.4, -0.2) is 32.5 Å². The molecule has 0 saturated carbocycles. The first-order valence-corrected chi connectivity index (χ1v) is 8.68. The number of nitrogens with zero attached hydrogens (tertiary/aromatic N) is 2. The Kier molecular flexibility index (Phi) is 5.71. The van der Waals surface area contributed by atoms with E-state index < -0.39 is 6.10 Å². The van der Waals surface area contributed by atoms with Gasteiger partial charge >= 0.3 is 0 Å². The van der Waals surface area contributed by atoms with Gasteiger partial charge in [-0.05, 0) is 37.1 Å². The number of para-hydroxylation sites is 2. The van der Waals surface area contributed by atoms with Gasteiger partial charge in [0.1, 0.15) is 30.9 Å². The van der Waals surface area contributed by atoms with Crippen LogP contribution >= 0.6 is 0 Å². The number of benzene rings is 2. The molecule has 0 aliphatic heterocycles. The number of hydrogen-bond donors (Lipinski definition) is 2. The summed E-state index contributed by atoms with van der Waals surface area (Å²) in [5.74, 6) is 1.29. The SMILES string of the molecule is C=CCc1cc(C)ccc1OC[C@H](O)Cn1c(CO)nc2ccccc21. The van der Waals surface area contributed by atoms with Crippen LogP contribution < -0.4 is 4.74 Å². The Labute approximate surface area is 153 Å². The lowest BCUT2D eigenvalue weighted by Crippen LogP contribution is -2.25. The summed E-state index contributed by atoms with van der Waals surface area (Å²) in [6.07, 6.45) is 1.83. The number of aliphatic hydroxyl groups is 2. The molecular weight excluding hydrogens is 328 g/mol. The average molecular weight is 352 g/mol. The highest BCUT2D eigenvalue weighted by Crippen LogP contribution is 2.22. The molecule has 26 heavy (non-hydrogen) atoms. The maximum Gasteiger partial charge on any atom is 0.135 e. The van der Waals surface area contributed by atoms with E-state index >= 15 is 0 Å². The first-order chi connectivity index (χ1) is 12.6. The lowest BCUT2D eigenvalue weighted by molar-refractivity contribution is 0.0911. The number of hydrogen-bond acceptors (Lipinski definition) is 4. The molecule has 0 radical (unpaired) electrons. The van der Waals surface area contributed by atoms with Crippen LogP contribution in [0.5, 0.6) is 5.75 Å². The van der Waals surface area contributed by atoms with Crippen molar-refractivity contribution in [3.05, 3.63) is 72.1 Å². The summed E-state index contributed by atoms with van der Waals surface area (Å²) in [4.78, 5) is 4.40. The number of allylic oxidation sites excluding steroid dienone is 1. The number of aromatic nitrogens is 2. The Hall–Kier alpha value is -2.63. The minimum atomic E-state index is -0.726. The standard InChI is InChI=1S/C21H24N2O3/c1-3-6-16-11-15(2)9-10-20(16)26-14-17(25)12-23-19-8-5-4-7-18(19)22-21(23)13-24/h3-5,7-11,17,24-25H,1,6,12-14H2,2H3/t17-/m1/s1. The summed E-state index contributed by atoms with van der Waals surface area (Å²) in [5.41, 5.74) is 3.90. The molecule has 5 heteroatoms. The van der Waals surface area contributed by atoms with Gasteiger partial charge in [0, 0.05) is 0 Å². The van der Waals surface area contributed by atoms with Crippen molar-refractivity contribution >= 4 is 11.0 Å². The summed E-state index contributed by atoms with van der Waals surface area (Å²) < 4.78 is 7.68. The van der Waals surface area contributed by atoms with Crippen LogP contribution in [0.2, 0.25) is 0 Å². The zero-order valence-electron chi connectivity index (χ0n) is 14.9. The minimum Gasteiger partial charge on any atom is -0.491 e. The normalized spacial score (nSPS) is 12.3. The second kappa shape index (κ2) is 8.17. The molecular formula is C21H24N2O3. The zero-order chi connectivity index (χ0) is 18.5. The third-order valence-electron chi connectivity index (χ3n) is 4.28. The van der Waals surface area contributed by atoms with E-state index in [4.69, 9.17) is 4.74 Å². The molecule has 0 bridgehead atoms. The number of aryl methyl sites for hydroxylation is 1. The van der Waals surface area contributed by atoms with Crippen LogP contribution in [0, 0.1) is 6.92 Å². The molecule has 2 N–H and O–H groups in total. The van der Waals surface area contributed by atoms with E-state index in [2.05, 4.69) is 17.6 Å². The number of rotatable bonds is 8. The van der Waals surface area contributed by atoms with Crippen molar-refractivity contribution in [2.75, 3.05) is 6.61 Å². The van der Waals surface area contributed by atoms with Crippen molar-refractivity contribution in [3.8, 4) is 5.75 Å². The molecule has 5 nitrogen and oxygen atoms in total. The Bertz CT molecular complexity index is 901. The maximum atomic E-state index is 10.5. The van der Waals surface area contributed by atoms with Gasteiger partial charge in [0.2, 0.25) is 0 Å². The van der Waals surface area contributed by atoms with Gasteiger partial charge in [-0.25, -0.2) is 4.98 Å². The van der Waals surface area contributed by atoms with Gasteiger partial charge in [-0.2, -0.15) is 0 Å². The number of imidazole rings is 1. The molecule has 1 atom stereocenters. The third-order valence-corrected chi connectivity index (χ3v) is 4.28. The predicted octanol–water partition coefficient (Wildman–Crippen LogP) is 3.01. The quantitative estimate of drug-likeness (QED) is 0.612. The fourth-order valence-electron chi connectivity index (χ4n) is 3.06. The van der Waals surface area contributed by atoms with E-state index in [9.17, 15) is 10.2 Å². The fraction of sp³-hybridized carbons (Fsp3) is 0.286. The van der Waals surface area contributed by atoms with Crippen molar-refractivity contribution in [3.63, 3.8) is 0 Å². The molecule has 0 amide bonds. The summed E-state index contributed by atoms with van der Waals surface area (Å²) in [6.45, 7) is 6.10. The highest BCUT2D eigenvalue weighted by molar-refractivity contribution is 5.75. The lowest BCUT2D eigenvalue weighted by Gasteiger charge is -2.17. The highest BCUT2D eigenvalue weighted by atomic mass is 16.5. The lowest BCUT2D eigenvalue weighted by atomic mass is 10.1. The molecule has 0 aliphatic carbocycles. The van der Waals surface area contributed by atoms with E-state index in [0.717, 1.165) is 27.9 Å². The molecule has 0 aliphatic rings. The number of fused-ring (bicyclic) bond motifs is 1. The van der Waals surface area contributed by atoms with Crippen molar-refractivity contribution in [2.45, 2.75) is 32.6 Å². The van der Waals surface area contributed by atoms with Gasteiger partial charge in [0.05, 0.1) is 17.6 Å². The zero-order valence-corrected chi connectivity index (χ0v) is 14.9. The third kappa shape index (κ3) is 3.95. The Morgan fingerprint density at radius 2 is 2.08 bits per heavy atom. The average Bonchev–Trinajstić information content (AvgIpc) is 2.99. The van der Waals surface area contributed by atoms with E-state index in [1.54, 1.807) is 0 Å². The Balaban J connectivity index is 1.72. The van der Waals surface area contributed by atoms with Gasteiger partial charge in [-0.1, -0.05) is 35.9 Å². The number of ether oxygens (including phenoxy) is 1. The van der Waals surface area contributed by atoms with Crippen molar-refractivity contribution in [2.24, 2.45) is 0 Å². The van der Waals surface area contributed by atoms with Gasteiger partial charge in [-0.3, -0.25) is 0 Å². The topological polar surface area (TPSA) is 67.5 Å². The highest BCUT2D eigenvalue weighted by Gasteiger charge is 2.14. The molecule has 0 spiro atoms. The summed E-state index contributed by atoms with van der Waals surface area (Å²) in [6, 6.07) is 13.6. The van der Waals surface area contributed by atoms with E-state index in [1.165, 1.54) is 0 Å². The predicted molar refractivity (Wildman–Crippen MR) is 102 cm³/mol. The smallest absolute Gasteiger partial charge is 0.135 e. The molecule has 1 aromatic heterocycles. The molecule has 136 valence electrons. The molecule has 0 saturated heterocycles. The molecule has 0 fully saturated rings.